The number of aromatic nitrogens is 2. The number of aryl methyl sites for hydroxylation is 1. The average Bonchev–Trinajstić information content (AvgIpc) is 3.32. The molecule has 0 unspecified atom stereocenters. The van der Waals surface area contributed by atoms with Crippen molar-refractivity contribution in [1.29, 1.82) is 0 Å². The monoisotopic (exact) mass is 600 g/mol. The number of benzene rings is 3. The summed E-state index contributed by atoms with van der Waals surface area (Å²) in [6.07, 6.45) is -0.133. The first kappa shape index (κ1) is 30.8. The van der Waals surface area contributed by atoms with Crippen LogP contribution in [0.2, 0.25) is 5.04 Å². The molecule has 1 saturated heterocycles. The standard InChI is InChI=1S/C34H40N2O6Si/c1-25-21-36(32(39)35-31(25)38)34(24-40-22-26-14-8-5-9-15-26)20-29(37)30(42-34)23-41-43(33(2,3)4,27-16-10-6-11-17-27)28-18-12-7-13-19-28/h5-19,21,29-30,37H,20,22-24H2,1-4H3,(H,35,38,39)/t29-,30+,34-/m0/s1. The van der Waals surface area contributed by atoms with Gasteiger partial charge in [0, 0.05) is 18.2 Å². The van der Waals surface area contributed by atoms with E-state index in [0.717, 1.165) is 15.9 Å². The second-order valence-electron chi connectivity index (χ2n) is 12.3. The molecule has 1 aliphatic rings. The van der Waals surface area contributed by atoms with E-state index >= 15 is 0 Å². The molecule has 226 valence electrons. The number of aliphatic hydroxyl groups excluding tert-OH is 1. The van der Waals surface area contributed by atoms with Crippen LogP contribution in [0.1, 0.15) is 38.3 Å². The zero-order valence-corrected chi connectivity index (χ0v) is 26.2. The molecule has 1 aliphatic heterocycles. The summed E-state index contributed by atoms with van der Waals surface area (Å²) in [7, 11) is -2.91. The summed E-state index contributed by atoms with van der Waals surface area (Å²) in [5.41, 5.74) is -1.12. The Morgan fingerprint density at radius 3 is 2.07 bits per heavy atom. The van der Waals surface area contributed by atoms with Gasteiger partial charge in [0.05, 0.1) is 25.9 Å². The maximum Gasteiger partial charge on any atom is 0.330 e. The number of hydrogen-bond donors (Lipinski definition) is 2. The summed E-state index contributed by atoms with van der Waals surface area (Å²) in [4.78, 5) is 27.7. The molecule has 0 saturated carbocycles. The van der Waals surface area contributed by atoms with E-state index in [1.807, 2.05) is 66.7 Å². The van der Waals surface area contributed by atoms with E-state index in [1.165, 1.54) is 10.8 Å². The summed E-state index contributed by atoms with van der Waals surface area (Å²) in [5.74, 6) is 0. The SMILES string of the molecule is Cc1cn([C@@]2(COCc3ccccc3)C[C@H](O)[C@@H](CO[Si](c3ccccc3)(c3ccccc3)C(C)(C)C)O2)c(=O)[nH]c1=O. The highest BCUT2D eigenvalue weighted by Crippen LogP contribution is 2.39. The number of H-pyrrole nitrogens is 1. The molecule has 0 amide bonds. The van der Waals surface area contributed by atoms with Crippen LogP contribution in [0.25, 0.3) is 0 Å². The minimum atomic E-state index is -2.91. The van der Waals surface area contributed by atoms with Crippen molar-refractivity contribution in [2.24, 2.45) is 0 Å². The lowest BCUT2D eigenvalue weighted by atomic mass is 10.1. The van der Waals surface area contributed by atoms with E-state index in [2.05, 4.69) is 50.0 Å². The van der Waals surface area contributed by atoms with E-state index < -0.39 is 37.5 Å². The van der Waals surface area contributed by atoms with Gasteiger partial charge in [0.25, 0.3) is 13.9 Å². The van der Waals surface area contributed by atoms with Gasteiger partial charge in [-0.2, -0.15) is 0 Å². The van der Waals surface area contributed by atoms with Crippen molar-refractivity contribution < 1.29 is 19.0 Å². The molecular weight excluding hydrogens is 560 g/mol. The van der Waals surface area contributed by atoms with E-state index in [9.17, 15) is 14.7 Å². The Balaban J connectivity index is 1.49. The summed E-state index contributed by atoms with van der Waals surface area (Å²) in [5, 5.41) is 13.4. The first-order valence-electron chi connectivity index (χ1n) is 14.6. The lowest BCUT2D eigenvalue weighted by Crippen LogP contribution is -2.67. The van der Waals surface area contributed by atoms with Gasteiger partial charge in [-0.3, -0.25) is 14.3 Å². The average molecular weight is 601 g/mol. The van der Waals surface area contributed by atoms with Crippen molar-refractivity contribution in [2.45, 2.75) is 63.7 Å². The molecule has 0 spiro atoms. The Hall–Kier alpha value is -3.60. The van der Waals surface area contributed by atoms with Crippen LogP contribution >= 0.6 is 0 Å². The van der Waals surface area contributed by atoms with Crippen LogP contribution in [0, 0.1) is 6.92 Å². The van der Waals surface area contributed by atoms with Gasteiger partial charge in [0.2, 0.25) is 0 Å². The number of nitrogens with one attached hydrogen (secondary N) is 1. The van der Waals surface area contributed by atoms with E-state index in [1.54, 1.807) is 6.92 Å². The normalized spacial score (nSPS) is 20.8. The summed E-state index contributed by atoms with van der Waals surface area (Å²) >= 11 is 0. The number of hydrogen-bond acceptors (Lipinski definition) is 6. The lowest BCUT2D eigenvalue weighted by Gasteiger charge is -2.43. The number of aliphatic hydroxyl groups is 1. The predicted molar refractivity (Wildman–Crippen MR) is 169 cm³/mol. The topological polar surface area (TPSA) is 103 Å². The Labute approximate surface area is 253 Å². The van der Waals surface area contributed by atoms with Crippen LogP contribution in [-0.4, -0.2) is 48.4 Å². The zero-order valence-electron chi connectivity index (χ0n) is 25.2. The van der Waals surface area contributed by atoms with Crippen molar-refractivity contribution in [3.63, 3.8) is 0 Å². The Morgan fingerprint density at radius 2 is 1.51 bits per heavy atom. The molecule has 3 atom stereocenters. The van der Waals surface area contributed by atoms with Crippen molar-refractivity contribution in [1.82, 2.24) is 9.55 Å². The highest BCUT2D eigenvalue weighted by molar-refractivity contribution is 6.99. The summed E-state index contributed by atoms with van der Waals surface area (Å²) in [6.45, 7) is 8.58. The summed E-state index contributed by atoms with van der Waals surface area (Å²) < 4.78 is 21.1. The second-order valence-corrected chi connectivity index (χ2v) is 16.6. The van der Waals surface area contributed by atoms with Gasteiger partial charge in [-0.1, -0.05) is 112 Å². The third kappa shape index (κ3) is 6.22. The van der Waals surface area contributed by atoms with Gasteiger partial charge in [-0.15, -0.1) is 0 Å². The molecule has 1 aromatic heterocycles. The molecular formula is C34H40N2O6Si. The Bertz CT molecular complexity index is 1580. The largest absolute Gasteiger partial charge is 0.405 e. The molecule has 43 heavy (non-hydrogen) atoms. The first-order valence-corrected chi connectivity index (χ1v) is 16.5. The van der Waals surface area contributed by atoms with Gasteiger partial charge >= 0.3 is 5.69 Å². The van der Waals surface area contributed by atoms with Gasteiger partial charge in [-0.05, 0) is 27.9 Å². The van der Waals surface area contributed by atoms with Gasteiger partial charge in [-0.25, -0.2) is 4.79 Å². The van der Waals surface area contributed by atoms with Crippen LogP contribution in [0.4, 0.5) is 0 Å². The smallest absolute Gasteiger partial charge is 0.330 e. The van der Waals surface area contributed by atoms with E-state index in [4.69, 9.17) is 13.9 Å². The zero-order chi connectivity index (χ0) is 30.7. The van der Waals surface area contributed by atoms with E-state index in [0.29, 0.717) is 12.2 Å². The molecule has 2 heterocycles. The van der Waals surface area contributed by atoms with Crippen molar-refractivity contribution in [3.05, 3.63) is 129 Å². The van der Waals surface area contributed by atoms with Crippen LogP contribution in [0.5, 0.6) is 0 Å². The molecule has 5 rings (SSSR count). The molecule has 9 heteroatoms. The predicted octanol–water partition coefficient (Wildman–Crippen LogP) is 3.44. The molecule has 2 N–H and O–H groups in total. The number of ether oxygens (including phenoxy) is 2. The van der Waals surface area contributed by atoms with Crippen LogP contribution < -0.4 is 21.6 Å². The fraction of sp³-hybridized carbons (Fsp3) is 0.353. The van der Waals surface area contributed by atoms with Crippen LogP contribution in [0.15, 0.2) is 107 Å². The molecule has 4 aromatic rings. The van der Waals surface area contributed by atoms with Gasteiger partial charge in [0.1, 0.15) is 6.10 Å². The fourth-order valence-electron chi connectivity index (χ4n) is 6.07. The fourth-order valence-corrected chi connectivity index (χ4v) is 10.6. The molecule has 0 aliphatic carbocycles. The van der Waals surface area contributed by atoms with Gasteiger partial charge < -0.3 is 19.0 Å². The lowest BCUT2D eigenvalue weighted by molar-refractivity contribution is -0.156. The van der Waals surface area contributed by atoms with Gasteiger partial charge in [0.15, 0.2) is 5.72 Å². The van der Waals surface area contributed by atoms with E-state index in [-0.39, 0.29) is 24.7 Å². The minimum absolute atomic E-state index is 0.0138. The minimum Gasteiger partial charge on any atom is -0.405 e. The third-order valence-electron chi connectivity index (χ3n) is 8.21. The Kier molecular flexibility index (Phi) is 9.01. The van der Waals surface area contributed by atoms with Crippen molar-refractivity contribution in [2.75, 3.05) is 13.2 Å². The molecule has 0 bridgehead atoms. The van der Waals surface area contributed by atoms with Crippen LogP contribution in [-0.2, 0) is 26.2 Å². The maximum atomic E-state index is 13.1. The number of nitrogens with zero attached hydrogens (tertiary/aromatic N) is 1. The highest BCUT2D eigenvalue weighted by atomic mass is 28.4. The molecule has 0 radical (unpaired) electrons. The van der Waals surface area contributed by atoms with Crippen molar-refractivity contribution in [3.8, 4) is 0 Å². The third-order valence-corrected chi connectivity index (χ3v) is 13.2. The number of rotatable bonds is 10. The quantitative estimate of drug-likeness (QED) is 0.271. The Morgan fingerprint density at radius 1 is 0.953 bits per heavy atom. The molecule has 3 aromatic carbocycles. The summed E-state index contributed by atoms with van der Waals surface area (Å²) in [6, 6.07) is 30.2. The number of aromatic amines is 1. The maximum absolute atomic E-state index is 13.1. The molecule has 1 fully saturated rings. The first-order chi connectivity index (χ1) is 20.6. The second kappa shape index (κ2) is 12.6. The van der Waals surface area contributed by atoms with Crippen molar-refractivity contribution >= 4 is 18.7 Å². The van der Waals surface area contributed by atoms with Crippen LogP contribution in [0.3, 0.4) is 0 Å². The molecule has 8 nitrogen and oxygen atoms in total. The highest BCUT2D eigenvalue weighted by Gasteiger charge is 2.53.